The van der Waals surface area contributed by atoms with E-state index in [2.05, 4.69) is 10.2 Å². The lowest BCUT2D eigenvalue weighted by Crippen LogP contribution is -2.04. The standard InChI is InChI=1S/C8H8F3N5/c1-16-7(4(12)3-13-16)5-2-6(15-14-5)8(9,10)11/h2-3H,12H2,1H3,(H,14,15). The fourth-order valence-corrected chi connectivity index (χ4v) is 1.36. The summed E-state index contributed by atoms with van der Waals surface area (Å²) in [6.45, 7) is 0. The third-order valence-electron chi connectivity index (χ3n) is 2.09. The van der Waals surface area contributed by atoms with Crippen LogP contribution in [-0.2, 0) is 13.2 Å². The van der Waals surface area contributed by atoms with Crippen molar-refractivity contribution in [1.82, 2.24) is 20.0 Å². The Morgan fingerprint density at radius 1 is 1.44 bits per heavy atom. The van der Waals surface area contributed by atoms with E-state index in [0.717, 1.165) is 6.07 Å². The van der Waals surface area contributed by atoms with Crippen molar-refractivity contribution >= 4 is 5.69 Å². The van der Waals surface area contributed by atoms with Crippen molar-refractivity contribution in [2.24, 2.45) is 7.05 Å². The molecule has 2 aromatic heterocycles. The van der Waals surface area contributed by atoms with Crippen molar-refractivity contribution in [2.45, 2.75) is 6.18 Å². The largest absolute Gasteiger partial charge is 0.432 e. The minimum atomic E-state index is -4.45. The number of aryl methyl sites for hydroxylation is 1. The second-order valence-electron chi connectivity index (χ2n) is 3.24. The van der Waals surface area contributed by atoms with Gasteiger partial charge in [-0.05, 0) is 6.07 Å². The number of aromatic amines is 1. The molecule has 0 aliphatic rings. The molecule has 0 spiro atoms. The number of aromatic nitrogens is 4. The van der Waals surface area contributed by atoms with E-state index in [0.29, 0.717) is 5.69 Å². The molecule has 0 aliphatic carbocycles. The van der Waals surface area contributed by atoms with Gasteiger partial charge in [-0.3, -0.25) is 9.78 Å². The van der Waals surface area contributed by atoms with E-state index in [1.165, 1.54) is 10.9 Å². The van der Waals surface area contributed by atoms with Crippen LogP contribution in [0.4, 0.5) is 18.9 Å². The summed E-state index contributed by atoms with van der Waals surface area (Å²) in [6, 6.07) is 0.896. The third-order valence-corrected chi connectivity index (χ3v) is 2.09. The lowest BCUT2D eigenvalue weighted by molar-refractivity contribution is -0.141. The minimum Gasteiger partial charge on any atom is -0.396 e. The fraction of sp³-hybridized carbons (Fsp3) is 0.250. The van der Waals surface area contributed by atoms with Crippen LogP contribution < -0.4 is 5.73 Å². The molecule has 0 bridgehead atoms. The highest BCUT2D eigenvalue weighted by molar-refractivity contribution is 5.69. The molecule has 0 amide bonds. The molecule has 0 radical (unpaired) electrons. The number of nitrogens with zero attached hydrogens (tertiary/aromatic N) is 3. The summed E-state index contributed by atoms with van der Waals surface area (Å²) in [5, 5.41) is 9.30. The summed E-state index contributed by atoms with van der Waals surface area (Å²) in [5.41, 5.74) is 5.41. The van der Waals surface area contributed by atoms with Gasteiger partial charge in [0.25, 0.3) is 0 Å². The van der Waals surface area contributed by atoms with Gasteiger partial charge < -0.3 is 5.73 Å². The average molecular weight is 231 g/mol. The van der Waals surface area contributed by atoms with Crippen molar-refractivity contribution in [3.05, 3.63) is 18.0 Å². The molecule has 5 nitrogen and oxygen atoms in total. The maximum absolute atomic E-state index is 12.3. The Kier molecular flexibility index (Phi) is 2.14. The molecule has 0 aromatic carbocycles. The molecule has 2 aromatic rings. The summed E-state index contributed by atoms with van der Waals surface area (Å²) >= 11 is 0. The van der Waals surface area contributed by atoms with E-state index in [1.807, 2.05) is 5.10 Å². The molecule has 8 heteroatoms. The minimum absolute atomic E-state index is 0.116. The summed E-state index contributed by atoms with van der Waals surface area (Å²) < 4.78 is 38.3. The predicted octanol–water partition coefficient (Wildman–Crippen LogP) is 1.41. The number of nitrogen functional groups attached to an aromatic ring is 1. The van der Waals surface area contributed by atoms with Gasteiger partial charge in [0.15, 0.2) is 0 Å². The second-order valence-corrected chi connectivity index (χ2v) is 3.24. The highest BCUT2D eigenvalue weighted by atomic mass is 19.4. The van der Waals surface area contributed by atoms with Crippen LogP contribution in [0.3, 0.4) is 0 Å². The highest BCUT2D eigenvalue weighted by Gasteiger charge is 2.33. The number of nitrogens with two attached hydrogens (primary N) is 1. The molecular weight excluding hydrogens is 223 g/mol. The van der Waals surface area contributed by atoms with Gasteiger partial charge in [0, 0.05) is 7.05 Å². The Bertz CT molecular complexity index is 490. The topological polar surface area (TPSA) is 72.5 Å². The summed E-state index contributed by atoms with van der Waals surface area (Å²) in [5.74, 6) is 0. The van der Waals surface area contributed by atoms with E-state index in [9.17, 15) is 13.2 Å². The molecule has 0 saturated carbocycles. The van der Waals surface area contributed by atoms with Gasteiger partial charge >= 0.3 is 6.18 Å². The zero-order chi connectivity index (χ0) is 11.9. The van der Waals surface area contributed by atoms with Crippen LogP contribution in [0.5, 0.6) is 0 Å². The van der Waals surface area contributed by atoms with Crippen LogP contribution >= 0.6 is 0 Å². The number of anilines is 1. The number of alkyl halides is 3. The highest BCUT2D eigenvalue weighted by Crippen LogP contribution is 2.31. The van der Waals surface area contributed by atoms with Crippen LogP contribution in [0, 0.1) is 0 Å². The first-order valence-corrected chi connectivity index (χ1v) is 4.30. The summed E-state index contributed by atoms with van der Waals surface area (Å²) in [4.78, 5) is 0. The first kappa shape index (κ1) is 10.5. The van der Waals surface area contributed by atoms with Gasteiger partial charge in [0.2, 0.25) is 0 Å². The van der Waals surface area contributed by atoms with Crippen molar-refractivity contribution in [3.63, 3.8) is 0 Å². The third kappa shape index (κ3) is 1.62. The summed E-state index contributed by atoms with van der Waals surface area (Å²) in [7, 11) is 1.58. The molecule has 2 rings (SSSR count). The second kappa shape index (κ2) is 3.26. The Labute approximate surface area is 88.1 Å². The monoisotopic (exact) mass is 231 g/mol. The Hall–Kier alpha value is -1.99. The lowest BCUT2D eigenvalue weighted by Gasteiger charge is -2.00. The van der Waals surface area contributed by atoms with E-state index in [1.54, 1.807) is 7.05 Å². The van der Waals surface area contributed by atoms with Gasteiger partial charge in [0.1, 0.15) is 17.1 Å². The van der Waals surface area contributed by atoms with Crippen LogP contribution in [0.25, 0.3) is 11.4 Å². The molecule has 0 fully saturated rings. The Balaban J connectivity index is 2.47. The van der Waals surface area contributed by atoms with Crippen molar-refractivity contribution < 1.29 is 13.2 Å². The first-order chi connectivity index (χ1) is 7.39. The van der Waals surface area contributed by atoms with E-state index < -0.39 is 11.9 Å². The summed E-state index contributed by atoms with van der Waals surface area (Å²) in [6.07, 6.45) is -3.09. The number of hydrogen-bond acceptors (Lipinski definition) is 3. The molecular formula is C8H8F3N5. The number of H-pyrrole nitrogens is 1. The molecule has 0 saturated heterocycles. The molecule has 0 unspecified atom stereocenters. The van der Waals surface area contributed by atoms with Crippen molar-refractivity contribution in [2.75, 3.05) is 5.73 Å². The number of nitrogens with one attached hydrogen (secondary N) is 1. The van der Waals surface area contributed by atoms with Crippen LogP contribution in [0.15, 0.2) is 12.3 Å². The van der Waals surface area contributed by atoms with E-state index in [-0.39, 0.29) is 11.4 Å². The van der Waals surface area contributed by atoms with E-state index >= 15 is 0 Å². The smallest absolute Gasteiger partial charge is 0.396 e. The normalized spacial score (nSPS) is 12.0. The van der Waals surface area contributed by atoms with Gasteiger partial charge in [-0.2, -0.15) is 23.4 Å². The van der Waals surface area contributed by atoms with Gasteiger partial charge in [-0.15, -0.1) is 0 Å². The quantitative estimate of drug-likeness (QED) is 0.779. The van der Waals surface area contributed by atoms with Gasteiger partial charge in [-0.25, -0.2) is 0 Å². The van der Waals surface area contributed by atoms with Crippen LogP contribution in [0.1, 0.15) is 5.69 Å². The van der Waals surface area contributed by atoms with Gasteiger partial charge in [-0.1, -0.05) is 0 Å². The number of hydrogen-bond donors (Lipinski definition) is 2. The molecule has 0 aliphatic heterocycles. The molecule has 86 valence electrons. The molecule has 2 heterocycles. The zero-order valence-corrected chi connectivity index (χ0v) is 8.21. The lowest BCUT2D eigenvalue weighted by atomic mass is 10.2. The Morgan fingerprint density at radius 2 is 2.12 bits per heavy atom. The van der Waals surface area contributed by atoms with Crippen molar-refractivity contribution in [3.8, 4) is 11.4 Å². The first-order valence-electron chi connectivity index (χ1n) is 4.30. The number of rotatable bonds is 1. The number of halogens is 3. The molecule has 3 N–H and O–H groups in total. The van der Waals surface area contributed by atoms with Gasteiger partial charge in [0.05, 0.1) is 11.9 Å². The molecule has 16 heavy (non-hydrogen) atoms. The van der Waals surface area contributed by atoms with Crippen molar-refractivity contribution in [1.29, 1.82) is 0 Å². The SMILES string of the molecule is Cn1ncc(N)c1-c1cc(C(F)(F)F)[nH]n1. The predicted molar refractivity (Wildman–Crippen MR) is 50.2 cm³/mol. The Morgan fingerprint density at radius 3 is 2.56 bits per heavy atom. The fourth-order valence-electron chi connectivity index (χ4n) is 1.36. The average Bonchev–Trinajstić information content (AvgIpc) is 2.72. The maximum Gasteiger partial charge on any atom is 0.432 e. The molecule has 0 atom stereocenters. The maximum atomic E-state index is 12.3. The van der Waals surface area contributed by atoms with E-state index in [4.69, 9.17) is 5.73 Å². The van der Waals surface area contributed by atoms with Crippen LogP contribution in [-0.4, -0.2) is 20.0 Å². The van der Waals surface area contributed by atoms with Crippen LogP contribution in [0.2, 0.25) is 0 Å². The zero-order valence-electron chi connectivity index (χ0n) is 8.21.